The van der Waals surface area contributed by atoms with Crippen molar-refractivity contribution in [2.24, 2.45) is 0 Å². The van der Waals surface area contributed by atoms with E-state index >= 15 is 0 Å². The molecule has 0 bridgehead atoms. The Morgan fingerprint density at radius 1 is 1.17 bits per heavy atom. The van der Waals surface area contributed by atoms with E-state index in [1.807, 2.05) is 0 Å². The number of hydrogen-bond donors (Lipinski definition) is 3. The van der Waals surface area contributed by atoms with Crippen LogP contribution < -0.4 is 0 Å². The Bertz CT molecular complexity index is 53.7. The van der Waals surface area contributed by atoms with Gasteiger partial charge < -0.3 is 14.7 Å². The third kappa shape index (κ3) is 90.8. The monoisotopic (exact) mass is 218 g/mol. The van der Waals surface area contributed by atoms with Crippen molar-refractivity contribution >= 4 is 31.7 Å². The first kappa shape index (κ1) is 10.0. The van der Waals surface area contributed by atoms with Gasteiger partial charge in [-0.15, -0.1) is 0 Å². The first-order valence-corrected chi connectivity index (χ1v) is 2.35. The van der Waals surface area contributed by atoms with Gasteiger partial charge in [0.1, 0.15) is 0 Å². The van der Waals surface area contributed by atoms with Crippen molar-refractivity contribution in [2.75, 3.05) is 0 Å². The van der Waals surface area contributed by atoms with E-state index < -0.39 is 7.82 Å². The standard InChI is InChI=1S/H3O4P.Sn/c1-5(2,3)4;/h(H3,1,2,3,4);/q;+4. The maximum Gasteiger partial charge on any atom is 4.00 e. The third-order valence-electron chi connectivity index (χ3n) is 0. The summed E-state index contributed by atoms with van der Waals surface area (Å²) in [6, 6.07) is 0. The second kappa shape index (κ2) is 2.98. The first-order chi connectivity index (χ1) is 2.00. The Morgan fingerprint density at radius 2 is 1.17 bits per heavy atom. The van der Waals surface area contributed by atoms with Crippen LogP contribution in [0, 0.1) is 0 Å². The van der Waals surface area contributed by atoms with Crippen molar-refractivity contribution in [2.45, 2.75) is 0 Å². The Labute approximate surface area is 51.4 Å². The average molecular weight is 217 g/mol. The van der Waals surface area contributed by atoms with Crippen molar-refractivity contribution in [1.29, 1.82) is 0 Å². The fourth-order valence-electron chi connectivity index (χ4n) is 0. The van der Waals surface area contributed by atoms with Gasteiger partial charge >= 0.3 is 31.7 Å². The van der Waals surface area contributed by atoms with Gasteiger partial charge in [0.25, 0.3) is 0 Å². The fraction of sp³-hybridized carbons (Fsp3) is 0. The van der Waals surface area contributed by atoms with Crippen LogP contribution in [-0.4, -0.2) is 38.6 Å². The molecule has 0 heterocycles. The molecule has 0 aromatic carbocycles. The summed E-state index contributed by atoms with van der Waals surface area (Å²) in [6.45, 7) is 0. The van der Waals surface area contributed by atoms with Crippen LogP contribution in [0.2, 0.25) is 0 Å². The Hall–Kier alpha value is 0.909. The van der Waals surface area contributed by atoms with Gasteiger partial charge in [0.05, 0.1) is 0 Å². The molecule has 0 atom stereocenters. The molecule has 0 fully saturated rings. The molecule has 0 saturated carbocycles. The van der Waals surface area contributed by atoms with E-state index in [0.29, 0.717) is 0 Å². The molecule has 3 N–H and O–H groups in total. The van der Waals surface area contributed by atoms with Gasteiger partial charge in [0, 0.05) is 0 Å². The van der Waals surface area contributed by atoms with Crippen LogP contribution in [0.5, 0.6) is 0 Å². The molecule has 0 aliphatic rings. The minimum atomic E-state index is -4.64. The molecule has 0 saturated heterocycles. The summed E-state index contributed by atoms with van der Waals surface area (Å²) in [4.78, 5) is 21.6. The maximum atomic E-state index is 8.88. The number of rotatable bonds is 0. The van der Waals surface area contributed by atoms with Gasteiger partial charge in [-0.05, 0) is 0 Å². The molecule has 6 heteroatoms. The summed E-state index contributed by atoms with van der Waals surface area (Å²) < 4.78 is 8.88. The first-order valence-electron chi connectivity index (χ1n) is 0.783. The summed E-state index contributed by atoms with van der Waals surface area (Å²) in [6.07, 6.45) is 0. The second-order valence-electron chi connectivity index (χ2n) is 0.513. The average Bonchev–Trinajstić information content (AvgIpc) is 0.722. The largest absolute Gasteiger partial charge is 4.00 e. The summed E-state index contributed by atoms with van der Waals surface area (Å²) in [5, 5.41) is 0. The summed E-state index contributed by atoms with van der Waals surface area (Å²) in [5.74, 6) is 0. The van der Waals surface area contributed by atoms with E-state index in [4.69, 9.17) is 19.2 Å². The van der Waals surface area contributed by atoms with E-state index in [-0.39, 0.29) is 23.9 Å². The van der Waals surface area contributed by atoms with Crippen molar-refractivity contribution in [1.82, 2.24) is 0 Å². The summed E-state index contributed by atoms with van der Waals surface area (Å²) >= 11 is 0. The van der Waals surface area contributed by atoms with E-state index in [0.717, 1.165) is 0 Å². The van der Waals surface area contributed by atoms with Crippen LogP contribution in [0.3, 0.4) is 0 Å². The Morgan fingerprint density at radius 3 is 1.17 bits per heavy atom. The zero-order chi connectivity index (χ0) is 4.50. The molecule has 32 valence electrons. The van der Waals surface area contributed by atoms with Crippen LogP contribution in [0.1, 0.15) is 0 Å². The van der Waals surface area contributed by atoms with Gasteiger partial charge in [0.2, 0.25) is 0 Å². The van der Waals surface area contributed by atoms with Gasteiger partial charge in [-0.1, -0.05) is 0 Å². The van der Waals surface area contributed by atoms with E-state index in [9.17, 15) is 0 Å². The topological polar surface area (TPSA) is 77.8 Å². The van der Waals surface area contributed by atoms with Crippen molar-refractivity contribution < 1.29 is 19.2 Å². The number of hydrogen-bond acceptors (Lipinski definition) is 1. The minimum Gasteiger partial charge on any atom is -0.303 e. The van der Waals surface area contributed by atoms with Gasteiger partial charge in [0.15, 0.2) is 0 Å². The van der Waals surface area contributed by atoms with Crippen LogP contribution in [0.25, 0.3) is 0 Å². The molecule has 0 aromatic rings. The maximum absolute atomic E-state index is 8.88. The SMILES string of the molecule is O=P(O)(O)O.[Sn+4]. The molecule has 0 radical (unpaired) electrons. The molecule has 0 rings (SSSR count). The molecular weight excluding hydrogens is 214 g/mol. The van der Waals surface area contributed by atoms with Gasteiger partial charge in [-0.25, -0.2) is 4.57 Å². The van der Waals surface area contributed by atoms with Gasteiger partial charge in [-0.2, -0.15) is 0 Å². The molecular formula is H3O4PSn+4. The smallest absolute Gasteiger partial charge is 0.303 e. The third-order valence-corrected chi connectivity index (χ3v) is 0. The van der Waals surface area contributed by atoms with Crippen molar-refractivity contribution in [3.05, 3.63) is 0 Å². The predicted octanol–water partition coefficient (Wildman–Crippen LogP) is -1.31. The Balaban J connectivity index is 0. The molecule has 0 aliphatic carbocycles. The zero-order valence-corrected chi connectivity index (χ0v) is 6.45. The fourth-order valence-corrected chi connectivity index (χ4v) is 0. The van der Waals surface area contributed by atoms with E-state index in [1.54, 1.807) is 0 Å². The molecule has 6 heavy (non-hydrogen) atoms. The van der Waals surface area contributed by atoms with E-state index in [2.05, 4.69) is 0 Å². The minimum absolute atomic E-state index is 0. The van der Waals surface area contributed by atoms with E-state index in [1.165, 1.54) is 0 Å². The molecule has 0 aliphatic heterocycles. The second-order valence-corrected chi connectivity index (χ2v) is 1.54. The summed E-state index contributed by atoms with van der Waals surface area (Å²) in [7, 11) is -4.64. The molecule has 4 nitrogen and oxygen atoms in total. The quantitative estimate of drug-likeness (QED) is 0.347. The molecule has 0 amide bonds. The van der Waals surface area contributed by atoms with Gasteiger partial charge in [-0.3, -0.25) is 0 Å². The number of phosphoric acid groups is 1. The van der Waals surface area contributed by atoms with Crippen LogP contribution in [0.4, 0.5) is 0 Å². The zero-order valence-electron chi connectivity index (χ0n) is 2.70. The molecule has 0 unspecified atom stereocenters. The van der Waals surface area contributed by atoms with Crippen molar-refractivity contribution in [3.8, 4) is 0 Å². The normalized spacial score (nSPS) is 9.83. The van der Waals surface area contributed by atoms with Crippen molar-refractivity contribution in [3.63, 3.8) is 0 Å². The molecule has 0 spiro atoms. The van der Waals surface area contributed by atoms with Crippen LogP contribution in [0.15, 0.2) is 0 Å². The summed E-state index contributed by atoms with van der Waals surface area (Å²) in [5.41, 5.74) is 0. The Kier molecular flexibility index (Phi) is 4.98. The molecule has 0 aromatic heterocycles. The van der Waals surface area contributed by atoms with Crippen LogP contribution in [-0.2, 0) is 4.57 Å². The predicted molar refractivity (Wildman–Crippen MR) is 20.0 cm³/mol. The van der Waals surface area contributed by atoms with Crippen LogP contribution >= 0.6 is 7.82 Å².